The van der Waals surface area contributed by atoms with Gasteiger partial charge in [-0.25, -0.2) is 0 Å². The fraction of sp³-hybridized carbons (Fsp3) is 0.933. The summed E-state index contributed by atoms with van der Waals surface area (Å²) < 4.78 is 5.44. The largest absolute Gasteiger partial charge is 0.481 e. The molecule has 4 nitrogen and oxygen atoms in total. The van der Waals surface area contributed by atoms with E-state index in [0.29, 0.717) is 19.3 Å². The molecule has 1 saturated carbocycles. The fourth-order valence-electron chi connectivity index (χ4n) is 3.64. The number of carboxylic acids is 1. The maximum atomic E-state index is 11.3. The molecule has 1 aliphatic heterocycles. The van der Waals surface area contributed by atoms with Crippen LogP contribution in [0.5, 0.6) is 0 Å². The number of ether oxygens (including phenoxy) is 1. The highest BCUT2D eigenvalue weighted by molar-refractivity contribution is 5.71. The number of hydrogen-bond acceptors (Lipinski definition) is 3. The number of hydrogen-bond donors (Lipinski definition) is 1. The van der Waals surface area contributed by atoms with Crippen LogP contribution in [0.1, 0.15) is 51.9 Å². The predicted octanol–water partition coefficient (Wildman–Crippen LogP) is 2.52. The van der Waals surface area contributed by atoms with E-state index in [2.05, 4.69) is 11.8 Å². The van der Waals surface area contributed by atoms with E-state index in [4.69, 9.17) is 4.74 Å². The van der Waals surface area contributed by atoms with Gasteiger partial charge in [0.25, 0.3) is 0 Å². The monoisotopic (exact) mass is 269 g/mol. The molecule has 0 radical (unpaired) electrons. The van der Waals surface area contributed by atoms with Crippen molar-refractivity contribution in [2.24, 2.45) is 5.92 Å². The molecule has 1 aliphatic carbocycles. The predicted molar refractivity (Wildman–Crippen MR) is 74.2 cm³/mol. The topological polar surface area (TPSA) is 49.8 Å². The summed E-state index contributed by atoms with van der Waals surface area (Å²) >= 11 is 0. The van der Waals surface area contributed by atoms with Gasteiger partial charge in [-0.05, 0) is 19.4 Å². The van der Waals surface area contributed by atoms with Crippen molar-refractivity contribution in [2.45, 2.75) is 64.0 Å². The van der Waals surface area contributed by atoms with E-state index in [1.807, 2.05) is 0 Å². The lowest BCUT2D eigenvalue weighted by Crippen LogP contribution is -2.48. The zero-order chi connectivity index (χ0) is 13.7. The number of carbonyl (C=O) groups is 1. The van der Waals surface area contributed by atoms with Gasteiger partial charge in [0.2, 0.25) is 0 Å². The van der Waals surface area contributed by atoms with E-state index >= 15 is 0 Å². The average molecular weight is 269 g/mol. The highest BCUT2D eigenvalue weighted by atomic mass is 16.5. The van der Waals surface area contributed by atoms with E-state index in [1.54, 1.807) is 0 Å². The van der Waals surface area contributed by atoms with Crippen molar-refractivity contribution >= 4 is 5.97 Å². The minimum absolute atomic E-state index is 0.0759. The van der Waals surface area contributed by atoms with Crippen molar-refractivity contribution in [1.29, 1.82) is 0 Å². The first kappa shape index (κ1) is 14.8. The zero-order valence-electron chi connectivity index (χ0n) is 12.0. The lowest BCUT2D eigenvalue weighted by molar-refractivity contribution is -0.143. The Hall–Kier alpha value is -0.610. The molecule has 4 heteroatoms. The summed E-state index contributed by atoms with van der Waals surface area (Å²) in [7, 11) is 0. The van der Waals surface area contributed by atoms with Crippen LogP contribution in [0.2, 0.25) is 0 Å². The van der Waals surface area contributed by atoms with Crippen molar-refractivity contribution in [3.8, 4) is 0 Å². The van der Waals surface area contributed by atoms with Crippen LogP contribution in [-0.4, -0.2) is 47.8 Å². The molecule has 2 rings (SSSR count). The summed E-state index contributed by atoms with van der Waals surface area (Å²) in [6.45, 7) is 4.04. The maximum absolute atomic E-state index is 11.3. The molecule has 0 aromatic rings. The summed E-state index contributed by atoms with van der Waals surface area (Å²) in [5.74, 6) is -1.04. The Labute approximate surface area is 116 Å². The molecule has 0 aromatic heterocycles. The minimum atomic E-state index is -0.702. The first-order valence-corrected chi connectivity index (χ1v) is 7.80. The molecule has 0 spiro atoms. The Balaban J connectivity index is 2.02. The molecule has 1 heterocycles. The van der Waals surface area contributed by atoms with Crippen molar-refractivity contribution in [3.05, 3.63) is 0 Å². The second-order valence-corrected chi connectivity index (χ2v) is 5.88. The maximum Gasteiger partial charge on any atom is 0.310 e. The van der Waals surface area contributed by atoms with Crippen LogP contribution in [0.25, 0.3) is 0 Å². The molecule has 2 atom stereocenters. The van der Waals surface area contributed by atoms with E-state index < -0.39 is 5.97 Å². The third-order valence-corrected chi connectivity index (χ3v) is 4.70. The molecule has 1 saturated heterocycles. The Morgan fingerprint density at radius 2 is 1.79 bits per heavy atom. The van der Waals surface area contributed by atoms with E-state index in [1.165, 1.54) is 44.9 Å². The van der Waals surface area contributed by atoms with Crippen LogP contribution in [-0.2, 0) is 9.53 Å². The number of likely N-dealkylation sites (N-methyl/N-ethyl adjacent to an activating group) is 1. The molecular weight excluding hydrogens is 242 g/mol. The average Bonchev–Trinajstić information content (AvgIpc) is 2.81. The van der Waals surface area contributed by atoms with E-state index in [0.717, 1.165) is 6.54 Å². The molecule has 110 valence electrons. The van der Waals surface area contributed by atoms with Crippen LogP contribution >= 0.6 is 0 Å². The molecular formula is C15H27NO3. The standard InChI is InChI=1S/C15H27NO3/c1-2-16(12-8-6-4-3-5-7-9-12)14-11-19-10-13(14)15(17)18/h12-14H,2-11H2,1H3,(H,17,18). The van der Waals surface area contributed by atoms with Crippen LogP contribution in [0, 0.1) is 5.92 Å². The van der Waals surface area contributed by atoms with Crippen LogP contribution in [0.3, 0.4) is 0 Å². The van der Waals surface area contributed by atoms with Gasteiger partial charge in [-0.3, -0.25) is 9.69 Å². The van der Waals surface area contributed by atoms with Gasteiger partial charge in [0.05, 0.1) is 19.1 Å². The molecule has 0 aromatic carbocycles. The van der Waals surface area contributed by atoms with Gasteiger partial charge in [-0.2, -0.15) is 0 Å². The molecule has 2 aliphatic rings. The van der Waals surface area contributed by atoms with Crippen molar-refractivity contribution < 1.29 is 14.6 Å². The number of rotatable bonds is 4. The van der Waals surface area contributed by atoms with Crippen molar-refractivity contribution in [3.63, 3.8) is 0 Å². The molecule has 0 bridgehead atoms. The summed E-state index contributed by atoms with van der Waals surface area (Å²) in [6.07, 6.45) is 9.03. The summed E-state index contributed by atoms with van der Waals surface area (Å²) in [6, 6.07) is 0.630. The summed E-state index contributed by atoms with van der Waals surface area (Å²) in [4.78, 5) is 13.7. The van der Waals surface area contributed by atoms with Gasteiger partial charge in [0.1, 0.15) is 0 Å². The number of aliphatic carboxylic acids is 1. The van der Waals surface area contributed by atoms with Gasteiger partial charge in [0.15, 0.2) is 0 Å². The van der Waals surface area contributed by atoms with Gasteiger partial charge in [-0.1, -0.05) is 39.0 Å². The highest BCUT2D eigenvalue weighted by Gasteiger charge is 2.39. The van der Waals surface area contributed by atoms with Gasteiger partial charge in [-0.15, -0.1) is 0 Å². The SMILES string of the molecule is CCN(C1CCCCCCC1)C1COCC1C(=O)O. The third-order valence-electron chi connectivity index (χ3n) is 4.70. The zero-order valence-corrected chi connectivity index (χ0v) is 12.0. The molecule has 0 amide bonds. The smallest absolute Gasteiger partial charge is 0.310 e. The Morgan fingerprint density at radius 1 is 1.16 bits per heavy atom. The second kappa shape index (κ2) is 7.25. The second-order valence-electron chi connectivity index (χ2n) is 5.88. The minimum Gasteiger partial charge on any atom is -0.481 e. The van der Waals surface area contributed by atoms with Crippen molar-refractivity contribution in [1.82, 2.24) is 4.90 Å². The Kier molecular flexibility index (Phi) is 5.64. The molecule has 19 heavy (non-hydrogen) atoms. The third kappa shape index (κ3) is 3.69. The van der Waals surface area contributed by atoms with E-state index in [9.17, 15) is 9.90 Å². The summed E-state index contributed by atoms with van der Waals surface area (Å²) in [5, 5.41) is 9.32. The first-order chi connectivity index (χ1) is 9.24. The van der Waals surface area contributed by atoms with Gasteiger partial charge in [0, 0.05) is 12.1 Å². The number of nitrogens with zero attached hydrogens (tertiary/aromatic N) is 1. The lowest BCUT2D eigenvalue weighted by Gasteiger charge is -2.37. The fourth-order valence-corrected chi connectivity index (χ4v) is 3.64. The highest BCUT2D eigenvalue weighted by Crippen LogP contribution is 2.28. The summed E-state index contributed by atoms with van der Waals surface area (Å²) in [5.41, 5.74) is 0. The van der Waals surface area contributed by atoms with Crippen LogP contribution < -0.4 is 0 Å². The van der Waals surface area contributed by atoms with Gasteiger partial charge < -0.3 is 9.84 Å². The number of carboxylic acid groups (broad SMARTS) is 1. The van der Waals surface area contributed by atoms with Crippen LogP contribution in [0.15, 0.2) is 0 Å². The quantitative estimate of drug-likeness (QED) is 0.852. The molecule has 2 unspecified atom stereocenters. The molecule has 2 fully saturated rings. The normalized spacial score (nSPS) is 30.2. The first-order valence-electron chi connectivity index (χ1n) is 7.80. The van der Waals surface area contributed by atoms with Crippen molar-refractivity contribution in [2.75, 3.05) is 19.8 Å². The van der Waals surface area contributed by atoms with Crippen LogP contribution in [0.4, 0.5) is 0 Å². The van der Waals surface area contributed by atoms with Gasteiger partial charge >= 0.3 is 5.97 Å². The molecule has 1 N–H and O–H groups in total. The Morgan fingerprint density at radius 3 is 2.37 bits per heavy atom. The lowest BCUT2D eigenvalue weighted by atomic mass is 9.92. The van der Waals surface area contributed by atoms with E-state index in [-0.39, 0.29) is 12.0 Å². The Bertz CT molecular complexity index is 287.